The van der Waals surface area contributed by atoms with Gasteiger partial charge >= 0.3 is 5.97 Å². The summed E-state index contributed by atoms with van der Waals surface area (Å²) < 4.78 is 10.4. The van der Waals surface area contributed by atoms with E-state index >= 15 is 0 Å². The molecule has 1 aromatic rings. The Kier molecular flexibility index (Phi) is 6.88. The highest BCUT2D eigenvalue weighted by atomic mass is 16.5. The first-order valence-electron chi connectivity index (χ1n) is 7.54. The Morgan fingerprint density at radius 2 is 1.74 bits per heavy atom. The van der Waals surface area contributed by atoms with E-state index in [1.165, 1.54) is 0 Å². The summed E-state index contributed by atoms with van der Waals surface area (Å²) in [6.07, 6.45) is 0.483. The molecule has 0 heterocycles. The highest BCUT2D eigenvalue weighted by Gasteiger charge is 2.25. The molecule has 2 N–H and O–H groups in total. The van der Waals surface area contributed by atoms with Gasteiger partial charge in [0.25, 0.3) is 0 Å². The molecule has 0 radical (unpaired) electrons. The van der Waals surface area contributed by atoms with Gasteiger partial charge in [-0.25, -0.2) is 4.79 Å². The summed E-state index contributed by atoms with van der Waals surface area (Å²) in [6, 6.07) is 4.59. The van der Waals surface area contributed by atoms with Gasteiger partial charge in [-0.2, -0.15) is 0 Å². The van der Waals surface area contributed by atoms with Crippen LogP contribution in [0.2, 0.25) is 0 Å². The molecule has 1 rings (SSSR count). The lowest BCUT2D eigenvalue weighted by molar-refractivity contribution is -0.143. The first kappa shape index (κ1) is 18.8. The predicted molar refractivity (Wildman–Crippen MR) is 86.8 cm³/mol. The van der Waals surface area contributed by atoms with Crippen molar-refractivity contribution < 1.29 is 24.2 Å². The van der Waals surface area contributed by atoms with Gasteiger partial charge in [-0.1, -0.05) is 26.8 Å². The molecular formula is C17H25NO5. The van der Waals surface area contributed by atoms with Gasteiger partial charge in [0, 0.05) is 5.92 Å². The number of hydrogen-bond acceptors (Lipinski definition) is 4. The van der Waals surface area contributed by atoms with Crippen molar-refractivity contribution in [3.63, 3.8) is 0 Å². The van der Waals surface area contributed by atoms with Crippen LogP contribution in [0, 0.1) is 11.8 Å². The number of carbonyl (C=O) groups is 2. The van der Waals surface area contributed by atoms with E-state index in [0.717, 1.165) is 5.56 Å². The Balaban J connectivity index is 2.77. The molecule has 0 bridgehead atoms. The molecule has 6 nitrogen and oxygen atoms in total. The van der Waals surface area contributed by atoms with Crippen molar-refractivity contribution >= 4 is 11.9 Å². The lowest BCUT2D eigenvalue weighted by Gasteiger charge is -2.20. The molecule has 1 aromatic carbocycles. The predicted octanol–water partition coefficient (Wildman–Crippen LogP) is 2.11. The van der Waals surface area contributed by atoms with Gasteiger partial charge in [-0.05, 0) is 30.0 Å². The van der Waals surface area contributed by atoms with E-state index in [4.69, 9.17) is 14.6 Å². The second kappa shape index (κ2) is 8.41. The Morgan fingerprint density at radius 1 is 1.13 bits per heavy atom. The summed E-state index contributed by atoms with van der Waals surface area (Å²) in [5.74, 6) is -0.603. The van der Waals surface area contributed by atoms with Gasteiger partial charge < -0.3 is 19.9 Å². The number of rotatable bonds is 8. The third-order valence-electron chi connectivity index (χ3n) is 3.67. The van der Waals surface area contributed by atoms with Crippen molar-refractivity contribution in [3.05, 3.63) is 23.8 Å². The fourth-order valence-electron chi connectivity index (χ4n) is 2.26. The van der Waals surface area contributed by atoms with E-state index in [0.29, 0.717) is 17.9 Å². The molecule has 6 heteroatoms. The number of aliphatic carboxylic acids is 1. The molecule has 1 amide bonds. The molecule has 0 aliphatic rings. The second-order valence-corrected chi connectivity index (χ2v) is 5.86. The molecule has 0 saturated heterocycles. The fraction of sp³-hybridized carbons (Fsp3) is 0.529. The number of carbonyl (C=O) groups excluding carboxylic acids is 1. The average Bonchev–Trinajstić information content (AvgIpc) is 2.51. The van der Waals surface area contributed by atoms with Crippen molar-refractivity contribution in [2.75, 3.05) is 14.2 Å². The Labute approximate surface area is 136 Å². The van der Waals surface area contributed by atoms with Crippen LogP contribution < -0.4 is 14.8 Å². The molecule has 23 heavy (non-hydrogen) atoms. The zero-order valence-corrected chi connectivity index (χ0v) is 14.3. The van der Waals surface area contributed by atoms with Crippen molar-refractivity contribution in [1.82, 2.24) is 5.32 Å². The zero-order valence-electron chi connectivity index (χ0n) is 14.3. The molecule has 0 aliphatic carbocycles. The van der Waals surface area contributed by atoms with Crippen molar-refractivity contribution in [2.45, 2.75) is 33.2 Å². The summed E-state index contributed by atoms with van der Waals surface area (Å²) in [5, 5.41) is 11.7. The van der Waals surface area contributed by atoms with Crippen molar-refractivity contribution in [3.8, 4) is 11.5 Å². The largest absolute Gasteiger partial charge is 0.493 e. The summed E-state index contributed by atoms with van der Waals surface area (Å²) in [4.78, 5) is 23.4. The summed E-state index contributed by atoms with van der Waals surface area (Å²) in [7, 11) is 3.11. The topological polar surface area (TPSA) is 84.9 Å². The third-order valence-corrected chi connectivity index (χ3v) is 3.67. The van der Waals surface area contributed by atoms with Gasteiger partial charge in [0.1, 0.15) is 6.04 Å². The smallest absolute Gasteiger partial charge is 0.326 e. The Hall–Kier alpha value is -2.24. The minimum atomic E-state index is -1.02. The van der Waals surface area contributed by atoms with E-state index in [-0.39, 0.29) is 17.7 Å². The molecule has 0 spiro atoms. The van der Waals surface area contributed by atoms with Crippen LogP contribution in [0.3, 0.4) is 0 Å². The number of amides is 1. The van der Waals surface area contributed by atoms with E-state index < -0.39 is 12.0 Å². The standard InChI is InChI=1S/C17H25NO5/c1-10(2)15(17(20)21)18-16(19)11(3)8-12-6-7-13(22-4)14(9-12)23-5/h6-7,9-11,15H,8H2,1-5H3,(H,18,19)(H,20,21)/t11?,15-/m1/s1. The Morgan fingerprint density at radius 3 is 2.22 bits per heavy atom. The third kappa shape index (κ3) is 5.16. The number of methoxy groups -OCH3 is 2. The van der Waals surface area contributed by atoms with Crippen molar-refractivity contribution in [1.29, 1.82) is 0 Å². The van der Waals surface area contributed by atoms with Crippen LogP contribution in [0.25, 0.3) is 0 Å². The van der Waals surface area contributed by atoms with Gasteiger partial charge in [-0.15, -0.1) is 0 Å². The molecule has 0 fully saturated rings. The van der Waals surface area contributed by atoms with E-state index in [2.05, 4.69) is 5.32 Å². The van der Waals surface area contributed by atoms with E-state index in [9.17, 15) is 9.59 Å². The first-order chi connectivity index (χ1) is 10.8. The van der Waals surface area contributed by atoms with Crippen molar-refractivity contribution in [2.24, 2.45) is 11.8 Å². The maximum atomic E-state index is 12.2. The highest BCUT2D eigenvalue weighted by molar-refractivity contribution is 5.85. The quantitative estimate of drug-likeness (QED) is 0.765. The van der Waals surface area contributed by atoms with Crippen LogP contribution in [-0.2, 0) is 16.0 Å². The van der Waals surface area contributed by atoms with Crippen LogP contribution in [0.4, 0.5) is 0 Å². The molecule has 0 aliphatic heterocycles. The number of carboxylic acids is 1. The monoisotopic (exact) mass is 323 g/mol. The van der Waals surface area contributed by atoms with Crippen LogP contribution in [-0.4, -0.2) is 37.2 Å². The number of hydrogen-bond donors (Lipinski definition) is 2. The lowest BCUT2D eigenvalue weighted by Crippen LogP contribution is -2.46. The average molecular weight is 323 g/mol. The van der Waals surface area contributed by atoms with E-state index in [1.54, 1.807) is 41.1 Å². The van der Waals surface area contributed by atoms with Crippen LogP contribution >= 0.6 is 0 Å². The number of benzene rings is 1. The van der Waals surface area contributed by atoms with Gasteiger partial charge in [0.2, 0.25) is 5.91 Å². The molecule has 1 unspecified atom stereocenters. The molecular weight excluding hydrogens is 298 g/mol. The summed E-state index contributed by atoms with van der Waals surface area (Å²) >= 11 is 0. The van der Waals surface area contributed by atoms with Gasteiger partial charge in [-0.3, -0.25) is 4.79 Å². The van der Waals surface area contributed by atoms with Crippen LogP contribution in [0.1, 0.15) is 26.3 Å². The normalized spacial score (nSPS) is 13.3. The molecule has 2 atom stereocenters. The maximum absolute atomic E-state index is 12.2. The highest BCUT2D eigenvalue weighted by Crippen LogP contribution is 2.28. The number of carboxylic acid groups (broad SMARTS) is 1. The lowest BCUT2D eigenvalue weighted by atomic mass is 9.98. The SMILES string of the molecule is COc1ccc(CC(C)C(=O)N[C@@H](C(=O)O)C(C)C)cc1OC. The Bertz CT molecular complexity index is 556. The summed E-state index contributed by atoms with van der Waals surface area (Å²) in [5.41, 5.74) is 0.918. The van der Waals surface area contributed by atoms with Gasteiger partial charge in [0.15, 0.2) is 11.5 Å². The second-order valence-electron chi connectivity index (χ2n) is 5.86. The van der Waals surface area contributed by atoms with Crippen LogP contribution in [0.15, 0.2) is 18.2 Å². The fourth-order valence-corrected chi connectivity index (χ4v) is 2.26. The minimum Gasteiger partial charge on any atom is -0.493 e. The zero-order chi connectivity index (χ0) is 17.6. The number of ether oxygens (including phenoxy) is 2. The molecule has 0 aromatic heterocycles. The van der Waals surface area contributed by atoms with Gasteiger partial charge in [0.05, 0.1) is 14.2 Å². The van der Waals surface area contributed by atoms with Crippen LogP contribution in [0.5, 0.6) is 11.5 Å². The first-order valence-corrected chi connectivity index (χ1v) is 7.54. The number of nitrogens with one attached hydrogen (secondary N) is 1. The molecule has 128 valence electrons. The maximum Gasteiger partial charge on any atom is 0.326 e. The summed E-state index contributed by atoms with van der Waals surface area (Å²) in [6.45, 7) is 5.29. The molecule has 0 saturated carbocycles. The van der Waals surface area contributed by atoms with E-state index in [1.807, 2.05) is 12.1 Å². The minimum absolute atomic E-state index is 0.176.